The van der Waals surface area contributed by atoms with Gasteiger partial charge in [-0.05, 0) is 36.0 Å². The molecule has 148 valence electrons. The fraction of sp³-hybridized carbons (Fsp3) is 0.391. The quantitative estimate of drug-likeness (QED) is 0.722. The Morgan fingerprint density at radius 3 is 2.43 bits per heavy atom. The van der Waals surface area contributed by atoms with Crippen molar-refractivity contribution in [3.8, 4) is 0 Å². The number of carbonyl (C=O) groups is 2. The van der Waals surface area contributed by atoms with Crippen molar-refractivity contribution in [1.82, 2.24) is 16.0 Å². The van der Waals surface area contributed by atoms with Crippen molar-refractivity contribution >= 4 is 11.8 Å². The molecule has 2 aromatic rings. The van der Waals surface area contributed by atoms with Crippen LogP contribution in [0.5, 0.6) is 0 Å². The number of nitrogens with one attached hydrogen (secondary N) is 3. The summed E-state index contributed by atoms with van der Waals surface area (Å²) >= 11 is 0. The molecule has 3 rings (SSSR count). The lowest BCUT2D eigenvalue weighted by Crippen LogP contribution is -2.55. The Balaban J connectivity index is 1.58. The third kappa shape index (κ3) is 4.98. The lowest BCUT2D eigenvalue weighted by atomic mass is 9.94. The van der Waals surface area contributed by atoms with Gasteiger partial charge in [0.15, 0.2) is 0 Å². The highest BCUT2D eigenvalue weighted by molar-refractivity contribution is 5.90. The smallest absolute Gasteiger partial charge is 0.243 e. The molecule has 3 N–H and O–H groups in total. The molecule has 0 saturated carbocycles. The first kappa shape index (κ1) is 20.1. The monoisotopic (exact) mass is 379 g/mol. The molecule has 0 aromatic heterocycles. The number of rotatable bonds is 6. The highest BCUT2D eigenvalue weighted by Crippen LogP contribution is 2.16. The predicted molar refractivity (Wildman–Crippen MR) is 111 cm³/mol. The maximum Gasteiger partial charge on any atom is 0.243 e. The van der Waals surface area contributed by atoms with Gasteiger partial charge in [0.25, 0.3) is 0 Å². The third-order valence-corrected chi connectivity index (χ3v) is 5.23. The Morgan fingerprint density at radius 1 is 1.07 bits per heavy atom. The van der Waals surface area contributed by atoms with Crippen LogP contribution in [-0.2, 0) is 29.1 Å². The van der Waals surface area contributed by atoms with Crippen molar-refractivity contribution in [3.05, 3.63) is 70.8 Å². The molecule has 2 atom stereocenters. The minimum Gasteiger partial charge on any atom is -0.350 e. The minimum absolute atomic E-state index is 0.00200. The molecule has 0 spiro atoms. The average Bonchev–Trinajstić information content (AvgIpc) is 2.70. The molecule has 2 amide bonds. The van der Waals surface area contributed by atoms with Gasteiger partial charge in [0.05, 0.1) is 6.04 Å². The molecule has 2 unspecified atom stereocenters. The van der Waals surface area contributed by atoms with Crippen molar-refractivity contribution in [3.63, 3.8) is 0 Å². The maximum absolute atomic E-state index is 12.8. The van der Waals surface area contributed by atoms with Gasteiger partial charge in [-0.3, -0.25) is 9.59 Å². The van der Waals surface area contributed by atoms with Gasteiger partial charge in [0.2, 0.25) is 11.8 Å². The minimum atomic E-state index is -0.558. The number of benzene rings is 2. The van der Waals surface area contributed by atoms with Crippen LogP contribution in [0.1, 0.15) is 36.1 Å². The zero-order valence-corrected chi connectivity index (χ0v) is 16.8. The summed E-state index contributed by atoms with van der Waals surface area (Å²) in [4.78, 5) is 25.5. The van der Waals surface area contributed by atoms with E-state index in [1.807, 2.05) is 57.2 Å². The van der Waals surface area contributed by atoms with Crippen LogP contribution in [0.4, 0.5) is 0 Å². The van der Waals surface area contributed by atoms with Crippen LogP contribution in [0.25, 0.3) is 0 Å². The summed E-state index contributed by atoms with van der Waals surface area (Å²) in [7, 11) is 0. The van der Waals surface area contributed by atoms with Crippen molar-refractivity contribution in [2.75, 3.05) is 0 Å². The van der Waals surface area contributed by atoms with E-state index in [-0.39, 0.29) is 23.8 Å². The van der Waals surface area contributed by atoms with Crippen LogP contribution in [0.3, 0.4) is 0 Å². The molecule has 0 bridgehead atoms. The summed E-state index contributed by atoms with van der Waals surface area (Å²) in [6.07, 6.45) is 0.637. The SMILES string of the molecule is Cc1ccc(CNC(=O)C(NC(=O)C2Cc3ccccc3CN2)C(C)C)cc1. The highest BCUT2D eigenvalue weighted by atomic mass is 16.2. The van der Waals surface area contributed by atoms with E-state index >= 15 is 0 Å². The van der Waals surface area contributed by atoms with Crippen LogP contribution in [-0.4, -0.2) is 23.9 Å². The largest absolute Gasteiger partial charge is 0.350 e. The van der Waals surface area contributed by atoms with E-state index in [4.69, 9.17) is 0 Å². The lowest BCUT2D eigenvalue weighted by Gasteiger charge is -2.28. The summed E-state index contributed by atoms with van der Waals surface area (Å²) in [5, 5.41) is 9.18. The summed E-state index contributed by atoms with van der Waals surface area (Å²) in [6, 6.07) is 15.3. The molecule has 1 heterocycles. The van der Waals surface area contributed by atoms with Gasteiger partial charge >= 0.3 is 0 Å². The molecule has 2 aromatic carbocycles. The number of carbonyl (C=O) groups excluding carboxylic acids is 2. The van der Waals surface area contributed by atoms with Crippen LogP contribution in [0, 0.1) is 12.8 Å². The maximum atomic E-state index is 12.8. The predicted octanol–water partition coefficient (Wildman–Crippen LogP) is 2.47. The zero-order valence-electron chi connectivity index (χ0n) is 16.8. The topological polar surface area (TPSA) is 70.2 Å². The Kier molecular flexibility index (Phi) is 6.47. The second-order valence-corrected chi connectivity index (χ2v) is 7.84. The molecule has 0 aliphatic carbocycles. The van der Waals surface area contributed by atoms with Crippen LogP contribution in [0.2, 0.25) is 0 Å². The third-order valence-electron chi connectivity index (χ3n) is 5.23. The van der Waals surface area contributed by atoms with Crippen molar-refractivity contribution in [2.24, 2.45) is 5.92 Å². The van der Waals surface area contributed by atoms with Gasteiger partial charge < -0.3 is 16.0 Å². The molecular weight excluding hydrogens is 350 g/mol. The van der Waals surface area contributed by atoms with E-state index in [0.29, 0.717) is 19.5 Å². The van der Waals surface area contributed by atoms with Crippen molar-refractivity contribution in [2.45, 2.75) is 52.4 Å². The van der Waals surface area contributed by atoms with E-state index in [0.717, 1.165) is 5.56 Å². The van der Waals surface area contributed by atoms with Gasteiger partial charge in [-0.15, -0.1) is 0 Å². The molecule has 0 radical (unpaired) electrons. The molecule has 1 aliphatic rings. The van der Waals surface area contributed by atoms with Crippen molar-refractivity contribution < 1.29 is 9.59 Å². The second-order valence-electron chi connectivity index (χ2n) is 7.84. The van der Waals surface area contributed by atoms with E-state index in [2.05, 4.69) is 28.1 Å². The number of aryl methyl sites for hydroxylation is 1. The molecule has 0 fully saturated rings. The number of fused-ring (bicyclic) bond motifs is 1. The fourth-order valence-corrected chi connectivity index (χ4v) is 3.43. The standard InChI is InChI=1S/C23H29N3O2/c1-15(2)21(23(28)25-13-17-10-8-16(3)9-11-17)26-22(27)20-12-18-6-4-5-7-19(18)14-24-20/h4-11,15,20-21,24H,12-14H2,1-3H3,(H,25,28)(H,26,27). The van der Waals surface area contributed by atoms with Gasteiger partial charge in [-0.1, -0.05) is 67.9 Å². The molecule has 28 heavy (non-hydrogen) atoms. The van der Waals surface area contributed by atoms with E-state index in [9.17, 15) is 9.59 Å². The number of amides is 2. The Labute approximate surface area is 166 Å². The van der Waals surface area contributed by atoms with Gasteiger partial charge in [0, 0.05) is 13.1 Å². The Bertz CT molecular complexity index is 830. The second kappa shape index (κ2) is 9.02. The van der Waals surface area contributed by atoms with Crippen LogP contribution in [0.15, 0.2) is 48.5 Å². The molecule has 5 nitrogen and oxygen atoms in total. The molecule has 5 heteroatoms. The fourth-order valence-electron chi connectivity index (χ4n) is 3.43. The molecular formula is C23H29N3O2. The van der Waals surface area contributed by atoms with Gasteiger partial charge in [0.1, 0.15) is 6.04 Å². The summed E-state index contributed by atoms with van der Waals surface area (Å²) in [5.74, 6) is -0.281. The summed E-state index contributed by atoms with van der Waals surface area (Å²) in [6.45, 7) is 7.04. The van der Waals surface area contributed by atoms with E-state index < -0.39 is 6.04 Å². The normalized spacial score (nSPS) is 16.9. The number of hydrogen-bond donors (Lipinski definition) is 3. The summed E-state index contributed by atoms with van der Waals surface area (Å²) in [5.41, 5.74) is 4.64. The lowest BCUT2D eigenvalue weighted by molar-refractivity contribution is -0.131. The Morgan fingerprint density at radius 2 is 1.75 bits per heavy atom. The zero-order chi connectivity index (χ0) is 20.1. The molecule has 1 aliphatic heterocycles. The first-order chi connectivity index (χ1) is 13.4. The average molecular weight is 380 g/mol. The van der Waals surface area contributed by atoms with Crippen LogP contribution >= 0.6 is 0 Å². The molecule has 0 saturated heterocycles. The first-order valence-electron chi connectivity index (χ1n) is 9.88. The van der Waals surface area contributed by atoms with Gasteiger partial charge in [-0.2, -0.15) is 0 Å². The summed E-state index contributed by atoms with van der Waals surface area (Å²) < 4.78 is 0. The van der Waals surface area contributed by atoms with Gasteiger partial charge in [-0.25, -0.2) is 0 Å². The highest BCUT2D eigenvalue weighted by Gasteiger charge is 2.29. The van der Waals surface area contributed by atoms with Crippen molar-refractivity contribution in [1.29, 1.82) is 0 Å². The first-order valence-corrected chi connectivity index (χ1v) is 9.88. The van der Waals surface area contributed by atoms with E-state index in [1.165, 1.54) is 16.7 Å². The number of hydrogen-bond acceptors (Lipinski definition) is 3. The van der Waals surface area contributed by atoms with E-state index in [1.54, 1.807) is 0 Å². The van der Waals surface area contributed by atoms with Crippen LogP contribution < -0.4 is 16.0 Å². The Hall–Kier alpha value is -2.66.